The van der Waals surface area contributed by atoms with Crippen LogP contribution >= 0.6 is 0 Å². The zero-order valence-electron chi connectivity index (χ0n) is 14.9. The molecule has 138 valence electrons. The molecule has 3 rings (SSSR count). The highest BCUT2D eigenvalue weighted by Crippen LogP contribution is 2.39. The molecule has 2 amide bonds. The molecule has 0 aliphatic carbocycles. The van der Waals surface area contributed by atoms with Crippen molar-refractivity contribution in [3.05, 3.63) is 29.8 Å². The second-order valence-corrected chi connectivity index (χ2v) is 6.79. The van der Waals surface area contributed by atoms with Gasteiger partial charge in [0.25, 0.3) is 0 Å². The van der Waals surface area contributed by atoms with Crippen LogP contribution in [0, 0.1) is 0 Å². The van der Waals surface area contributed by atoms with E-state index in [4.69, 9.17) is 14.2 Å². The number of methoxy groups -OCH3 is 1. The summed E-state index contributed by atoms with van der Waals surface area (Å²) < 4.78 is 16.7. The lowest BCUT2D eigenvalue weighted by Crippen LogP contribution is -2.48. The zero-order valence-corrected chi connectivity index (χ0v) is 14.9. The van der Waals surface area contributed by atoms with Gasteiger partial charge < -0.3 is 24.8 Å². The predicted octanol–water partition coefficient (Wildman–Crippen LogP) is 2.22. The van der Waals surface area contributed by atoms with E-state index < -0.39 is 0 Å². The van der Waals surface area contributed by atoms with Crippen LogP contribution in [0.5, 0.6) is 5.75 Å². The van der Waals surface area contributed by atoms with Crippen LogP contribution in [0.4, 0.5) is 4.79 Å². The molecule has 2 aliphatic heterocycles. The van der Waals surface area contributed by atoms with Crippen molar-refractivity contribution in [3.63, 3.8) is 0 Å². The summed E-state index contributed by atoms with van der Waals surface area (Å²) in [6, 6.07) is 7.92. The van der Waals surface area contributed by atoms with Gasteiger partial charge in [0.05, 0.1) is 13.2 Å². The van der Waals surface area contributed by atoms with Crippen LogP contribution in [0.3, 0.4) is 0 Å². The molecule has 1 aromatic carbocycles. The number of ether oxygens (including phenoxy) is 3. The van der Waals surface area contributed by atoms with Gasteiger partial charge in [0, 0.05) is 43.9 Å². The number of carbonyl (C=O) groups excluding carboxylic acids is 1. The van der Waals surface area contributed by atoms with E-state index in [1.54, 1.807) is 7.11 Å². The topological polar surface area (TPSA) is 68.8 Å². The third kappa shape index (κ3) is 4.44. The van der Waals surface area contributed by atoms with Gasteiger partial charge in [-0.25, -0.2) is 4.79 Å². The summed E-state index contributed by atoms with van der Waals surface area (Å²) in [5, 5.41) is 5.97. The normalized spacial score (nSPS) is 22.4. The molecule has 0 spiro atoms. The van der Waals surface area contributed by atoms with Crippen LogP contribution in [0.15, 0.2) is 24.3 Å². The Kier molecular flexibility index (Phi) is 6.15. The van der Waals surface area contributed by atoms with Crippen molar-refractivity contribution in [2.75, 3.05) is 40.0 Å². The number of urea groups is 1. The molecule has 1 aromatic rings. The van der Waals surface area contributed by atoms with E-state index in [2.05, 4.69) is 16.7 Å². The van der Waals surface area contributed by atoms with Gasteiger partial charge in [-0.05, 0) is 31.7 Å². The average molecular weight is 348 g/mol. The summed E-state index contributed by atoms with van der Waals surface area (Å²) in [6.07, 6.45) is 3.96. The van der Waals surface area contributed by atoms with Crippen LogP contribution in [0.1, 0.15) is 31.2 Å². The molecule has 2 fully saturated rings. The predicted molar refractivity (Wildman–Crippen MR) is 95.1 cm³/mol. The Morgan fingerprint density at radius 2 is 2.04 bits per heavy atom. The van der Waals surface area contributed by atoms with E-state index in [0.29, 0.717) is 26.3 Å². The highest BCUT2D eigenvalue weighted by Gasteiger charge is 2.37. The van der Waals surface area contributed by atoms with E-state index in [-0.39, 0.29) is 17.6 Å². The highest BCUT2D eigenvalue weighted by molar-refractivity contribution is 5.74. The van der Waals surface area contributed by atoms with E-state index in [0.717, 1.165) is 43.6 Å². The van der Waals surface area contributed by atoms with Crippen LogP contribution < -0.4 is 15.4 Å². The third-order valence-electron chi connectivity index (χ3n) is 5.23. The van der Waals surface area contributed by atoms with Gasteiger partial charge in [-0.1, -0.05) is 18.2 Å². The minimum Gasteiger partial charge on any atom is -0.496 e. The van der Waals surface area contributed by atoms with Crippen molar-refractivity contribution < 1.29 is 19.0 Å². The number of hydrogen-bond donors (Lipinski definition) is 2. The smallest absolute Gasteiger partial charge is 0.314 e. The summed E-state index contributed by atoms with van der Waals surface area (Å²) in [6.45, 7) is 3.31. The Balaban J connectivity index is 1.63. The maximum absolute atomic E-state index is 12.2. The lowest BCUT2D eigenvalue weighted by atomic mass is 9.73. The van der Waals surface area contributed by atoms with Crippen LogP contribution in [-0.4, -0.2) is 52.2 Å². The molecule has 6 heteroatoms. The Morgan fingerprint density at radius 3 is 2.76 bits per heavy atom. The zero-order chi connectivity index (χ0) is 17.5. The molecule has 0 radical (unpaired) electrons. The first-order chi connectivity index (χ1) is 12.2. The Labute approximate surface area is 149 Å². The summed E-state index contributed by atoms with van der Waals surface area (Å²) in [5.74, 6) is 0.867. The molecule has 25 heavy (non-hydrogen) atoms. The summed E-state index contributed by atoms with van der Waals surface area (Å²) in [4.78, 5) is 12.2. The van der Waals surface area contributed by atoms with Crippen LogP contribution in [0.25, 0.3) is 0 Å². The number of amides is 2. The van der Waals surface area contributed by atoms with E-state index in [1.807, 2.05) is 18.2 Å². The largest absolute Gasteiger partial charge is 0.496 e. The van der Waals surface area contributed by atoms with E-state index >= 15 is 0 Å². The van der Waals surface area contributed by atoms with Gasteiger partial charge >= 0.3 is 6.03 Å². The van der Waals surface area contributed by atoms with Crippen molar-refractivity contribution in [1.29, 1.82) is 0 Å². The second kappa shape index (κ2) is 8.54. The summed E-state index contributed by atoms with van der Waals surface area (Å²) in [5.41, 5.74) is 0.978. The molecule has 2 N–H and O–H groups in total. The minimum atomic E-state index is -0.161. The average Bonchev–Trinajstić information content (AvgIpc) is 3.19. The monoisotopic (exact) mass is 348 g/mol. The maximum atomic E-state index is 12.2. The van der Waals surface area contributed by atoms with Crippen molar-refractivity contribution >= 4 is 6.03 Å². The lowest BCUT2D eigenvalue weighted by Gasteiger charge is -2.38. The lowest BCUT2D eigenvalue weighted by molar-refractivity contribution is 0.0497. The molecule has 2 saturated heterocycles. The first-order valence-electron chi connectivity index (χ1n) is 9.08. The van der Waals surface area contributed by atoms with E-state index in [1.165, 1.54) is 0 Å². The first kappa shape index (κ1) is 18.0. The van der Waals surface area contributed by atoms with E-state index in [9.17, 15) is 4.79 Å². The molecular weight excluding hydrogens is 320 g/mol. The molecule has 6 nitrogen and oxygen atoms in total. The maximum Gasteiger partial charge on any atom is 0.314 e. The molecule has 1 atom stereocenters. The number of rotatable bonds is 6. The standard InChI is InChI=1S/C19H28N2O4/c1-23-17-7-3-2-6-16(17)19(8-11-24-12-9-19)14-21-18(22)20-13-15-5-4-10-25-15/h2-3,6-7,15H,4-5,8-14H2,1H3,(H2,20,21,22)/t15-/m0/s1. The third-order valence-corrected chi connectivity index (χ3v) is 5.23. The van der Waals surface area contributed by atoms with Gasteiger partial charge in [0.15, 0.2) is 0 Å². The Hall–Kier alpha value is -1.79. The first-order valence-corrected chi connectivity index (χ1v) is 9.08. The Morgan fingerprint density at radius 1 is 1.24 bits per heavy atom. The molecule has 0 aromatic heterocycles. The highest BCUT2D eigenvalue weighted by atomic mass is 16.5. The second-order valence-electron chi connectivity index (χ2n) is 6.79. The molecule has 2 aliphatic rings. The number of carbonyl (C=O) groups is 1. The molecule has 0 bridgehead atoms. The van der Waals surface area contributed by atoms with Gasteiger partial charge in [0.1, 0.15) is 5.75 Å². The summed E-state index contributed by atoms with van der Waals surface area (Å²) in [7, 11) is 1.69. The minimum absolute atomic E-state index is 0.142. The van der Waals surface area contributed by atoms with Gasteiger partial charge in [0.2, 0.25) is 0 Å². The molecule has 0 unspecified atom stereocenters. The summed E-state index contributed by atoms with van der Waals surface area (Å²) >= 11 is 0. The molecule has 2 heterocycles. The molecule has 0 saturated carbocycles. The number of para-hydroxylation sites is 1. The van der Waals surface area contributed by atoms with Crippen LogP contribution in [-0.2, 0) is 14.9 Å². The van der Waals surface area contributed by atoms with Gasteiger partial charge in [-0.15, -0.1) is 0 Å². The quantitative estimate of drug-likeness (QED) is 0.827. The van der Waals surface area contributed by atoms with Gasteiger partial charge in [-0.2, -0.15) is 0 Å². The van der Waals surface area contributed by atoms with Crippen molar-refractivity contribution in [2.45, 2.75) is 37.2 Å². The molecular formula is C19H28N2O4. The SMILES string of the molecule is COc1ccccc1C1(CNC(=O)NC[C@@H]2CCCO2)CCOCC1. The fourth-order valence-corrected chi connectivity index (χ4v) is 3.71. The van der Waals surface area contributed by atoms with Gasteiger partial charge in [-0.3, -0.25) is 0 Å². The number of hydrogen-bond acceptors (Lipinski definition) is 4. The number of benzene rings is 1. The fourth-order valence-electron chi connectivity index (χ4n) is 3.71. The van der Waals surface area contributed by atoms with Crippen molar-refractivity contribution in [2.24, 2.45) is 0 Å². The van der Waals surface area contributed by atoms with Crippen molar-refractivity contribution in [3.8, 4) is 5.75 Å². The number of nitrogens with one attached hydrogen (secondary N) is 2. The Bertz CT molecular complexity index is 566. The fraction of sp³-hybridized carbons (Fsp3) is 0.632. The van der Waals surface area contributed by atoms with Crippen LogP contribution in [0.2, 0.25) is 0 Å². The van der Waals surface area contributed by atoms with Crippen molar-refractivity contribution in [1.82, 2.24) is 10.6 Å².